The molecule has 0 amide bonds. The second-order valence-electron chi connectivity index (χ2n) is 5.52. The van der Waals surface area contributed by atoms with Gasteiger partial charge >= 0.3 is 5.97 Å². The number of nitrogens with zero attached hydrogens (tertiary/aromatic N) is 2. The van der Waals surface area contributed by atoms with Gasteiger partial charge in [0.2, 0.25) is 0 Å². The first-order chi connectivity index (χ1) is 9.58. The van der Waals surface area contributed by atoms with E-state index in [1.54, 1.807) is 11.3 Å². The maximum absolute atomic E-state index is 11.2. The summed E-state index contributed by atoms with van der Waals surface area (Å²) in [6.07, 6.45) is 1.49. The molecule has 0 radical (unpaired) electrons. The summed E-state index contributed by atoms with van der Waals surface area (Å²) in [7, 11) is 1.40. The molecule has 1 aliphatic rings. The number of likely N-dealkylation sites (tertiary alicyclic amines) is 1. The monoisotopic (exact) mass is 297 g/mol. The van der Waals surface area contributed by atoms with Gasteiger partial charge in [0.05, 0.1) is 19.2 Å². The fourth-order valence-corrected chi connectivity index (χ4v) is 3.14. The Hall–Kier alpha value is -1.14. The molecule has 112 valence electrons. The normalized spacial score (nSPS) is 19.5. The summed E-state index contributed by atoms with van der Waals surface area (Å²) in [5, 5.41) is 6.19. The third kappa shape index (κ3) is 4.18. The third-order valence-corrected chi connectivity index (χ3v) is 4.54. The van der Waals surface area contributed by atoms with Crippen molar-refractivity contribution in [1.29, 1.82) is 0 Å². The van der Waals surface area contributed by atoms with Crippen LogP contribution in [0.25, 0.3) is 0 Å². The minimum absolute atomic E-state index is 0.245. The predicted molar refractivity (Wildman–Crippen MR) is 81.1 cm³/mol. The number of anilines is 1. The third-order valence-electron chi connectivity index (χ3n) is 3.69. The van der Waals surface area contributed by atoms with Crippen LogP contribution in [0.3, 0.4) is 0 Å². The highest BCUT2D eigenvalue weighted by molar-refractivity contribution is 7.13. The summed E-state index contributed by atoms with van der Waals surface area (Å²) in [5.74, 6) is 0.440. The van der Waals surface area contributed by atoms with Crippen molar-refractivity contribution in [2.75, 3.05) is 32.1 Å². The van der Waals surface area contributed by atoms with Gasteiger partial charge in [-0.1, -0.05) is 0 Å². The van der Waals surface area contributed by atoms with E-state index >= 15 is 0 Å². The number of carbonyl (C=O) groups is 1. The number of carbonyl (C=O) groups excluding carboxylic acids is 1. The minimum Gasteiger partial charge on any atom is -0.469 e. The van der Waals surface area contributed by atoms with Crippen molar-refractivity contribution in [2.45, 2.75) is 32.7 Å². The number of nitrogens with one attached hydrogen (secondary N) is 1. The highest BCUT2D eigenvalue weighted by Gasteiger charge is 2.24. The molecule has 2 rings (SSSR count). The van der Waals surface area contributed by atoms with Crippen LogP contribution in [0.5, 0.6) is 0 Å². The molecule has 5 nitrogen and oxygen atoms in total. The van der Waals surface area contributed by atoms with Crippen molar-refractivity contribution >= 4 is 22.4 Å². The molecule has 1 aromatic heterocycles. The van der Waals surface area contributed by atoms with Crippen LogP contribution in [0.4, 0.5) is 5.13 Å². The molecular formula is C14H23N3O2S. The molecule has 1 N–H and O–H groups in total. The van der Waals surface area contributed by atoms with E-state index in [0.717, 1.165) is 23.9 Å². The van der Waals surface area contributed by atoms with E-state index in [0.29, 0.717) is 12.0 Å². The number of ether oxygens (including phenoxy) is 1. The lowest BCUT2D eigenvalue weighted by molar-refractivity contribution is -0.139. The summed E-state index contributed by atoms with van der Waals surface area (Å²) >= 11 is 1.55. The number of rotatable bonds is 6. The predicted octanol–water partition coefficient (Wildman–Crippen LogP) is 2.00. The van der Waals surface area contributed by atoms with Gasteiger partial charge in [0.25, 0.3) is 0 Å². The van der Waals surface area contributed by atoms with Crippen LogP contribution < -0.4 is 5.32 Å². The maximum atomic E-state index is 11.2. The quantitative estimate of drug-likeness (QED) is 0.814. The lowest BCUT2D eigenvalue weighted by Crippen LogP contribution is -2.29. The maximum Gasteiger partial charge on any atom is 0.311 e. The second kappa shape index (κ2) is 7.04. The molecule has 6 heteroatoms. The molecule has 0 aliphatic carbocycles. The fourth-order valence-electron chi connectivity index (χ4n) is 2.42. The van der Waals surface area contributed by atoms with Crippen LogP contribution in [0.2, 0.25) is 0 Å². The molecular weight excluding hydrogens is 274 g/mol. The Labute approximate surface area is 124 Å². The van der Waals surface area contributed by atoms with Crippen LogP contribution in [-0.2, 0) is 16.0 Å². The van der Waals surface area contributed by atoms with Gasteiger partial charge in [-0.05, 0) is 32.7 Å². The highest BCUT2D eigenvalue weighted by atomic mass is 32.1. The molecule has 1 aromatic rings. The molecule has 1 fully saturated rings. The van der Waals surface area contributed by atoms with E-state index in [4.69, 9.17) is 0 Å². The summed E-state index contributed by atoms with van der Waals surface area (Å²) < 4.78 is 4.64. The van der Waals surface area contributed by atoms with Crippen LogP contribution in [0.15, 0.2) is 5.38 Å². The van der Waals surface area contributed by atoms with Gasteiger partial charge in [0, 0.05) is 24.5 Å². The van der Waals surface area contributed by atoms with Gasteiger partial charge in [0.15, 0.2) is 5.13 Å². The number of aromatic nitrogens is 1. The van der Waals surface area contributed by atoms with Gasteiger partial charge in [-0.15, -0.1) is 11.3 Å². The number of methoxy groups -OCH3 is 1. The van der Waals surface area contributed by atoms with E-state index in [1.807, 2.05) is 5.38 Å². The number of thiazole rings is 1. The Kier molecular flexibility index (Phi) is 5.37. The summed E-state index contributed by atoms with van der Waals surface area (Å²) in [6.45, 7) is 7.79. The van der Waals surface area contributed by atoms with Crippen molar-refractivity contribution in [3.8, 4) is 0 Å². The Morgan fingerprint density at radius 2 is 2.45 bits per heavy atom. The molecule has 2 heterocycles. The van der Waals surface area contributed by atoms with Crippen LogP contribution in [0.1, 0.15) is 26.0 Å². The van der Waals surface area contributed by atoms with E-state index < -0.39 is 0 Å². The van der Waals surface area contributed by atoms with Gasteiger partial charge in [-0.2, -0.15) is 0 Å². The first-order valence-corrected chi connectivity index (χ1v) is 7.95. The highest BCUT2D eigenvalue weighted by Crippen LogP contribution is 2.21. The van der Waals surface area contributed by atoms with E-state index in [1.165, 1.54) is 20.1 Å². The number of hydrogen-bond donors (Lipinski definition) is 1. The van der Waals surface area contributed by atoms with Crippen LogP contribution in [0, 0.1) is 5.92 Å². The molecule has 0 bridgehead atoms. The van der Waals surface area contributed by atoms with Gasteiger partial charge in [0.1, 0.15) is 0 Å². The lowest BCUT2D eigenvalue weighted by atomic mass is 10.1. The molecule has 0 spiro atoms. The number of esters is 1. The molecule has 20 heavy (non-hydrogen) atoms. The summed E-state index contributed by atoms with van der Waals surface area (Å²) in [6, 6.07) is 0.631. The molecule has 1 aliphatic heterocycles. The van der Waals surface area contributed by atoms with Crippen molar-refractivity contribution in [3.63, 3.8) is 0 Å². The Bertz CT molecular complexity index is 447. The SMILES string of the molecule is COC(=O)Cc1csc(NCC2CCN(C(C)C)C2)n1. The average molecular weight is 297 g/mol. The Morgan fingerprint density at radius 1 is 1.65 bits per heavy atom. The average Bonchev–Trinajstić information content (AvgIpc) is 3.05. The van der Waals surface area contributed by atoms with Crippen LogP contribution >= 0.6 is 11.3 Å². The first-order valence-electron chi connectivity index (χ1n) is 7.07. The van der Waals surface area contributed by atoms with Gasteiger partial charge in [-0.25, -0.2) is 4.98 Å². The van der Waals surface area contributed by atoms with E-state index in [2.05, 4.69) is 33.8 Å². The van der Waals surface area contributed by atoms with Crippen molar-refractivity contribution in [2.24, 2.45) is 5.92 Å². The second-order valence-corrected chi connectivity index (χ2v) is 6.38. The molecule has 1 saturated heterocycles. The van der Waals surface area contributed by atoms with Crippen molar-refractivity contribution < 1.29 is 9.53 Å². The standard InChI is InChI=1S/C14H23N3O2S/c1-10(2)17-5-4-11(8-17)7-15-14-16-12(9-20-14)6-13(18)19-3/h9-11H,4-8H2,1-3H3,(H,15,16). The first kappa shape index (κ1) is 15.3. The topological polar surface area (TPSA) is 54.5 Å². The minimum atomic E-state index is -0.245. The van der Waals surface area contributed by atoms with Gasteiger partial charge < -0.3 is 15.0 Å². The zero-order valence-electron chi connectivity index (χ0n) is 12.4. The number of hydrogen-bond acceptors (Lipinski definition) is 6. The van der Waals surface area contributed by atoms with Crippen LogP contribution in [-0.4, -0.2) is 48.6 Å². The zero-order valence-corrected chi connectivity index (χ0v) is 13.2. The molecule has 1 atom stereocenters. The zero-order chi connectivity index (χ0) is 14.5. The molecule has 0 saturated carbocycles. The van der Waals surface area contributed by atoms with E-state index in [9.17, 15) is 4.79 Å². The van der Waals surface area contributed by atoms with Gasteiger partial charge in [-0.3, -0.25) is 4.79 Å². The molecule has 0 aromatic carbocycles. The lowest BCUT2D eigenvalue weighted by Gasteiger charge is -2.20. The summed E-state index contributed by atoms with van der Waals surface area (Å²) in [4.78, 5) is 18.1. The smallest absolute Gasteiger partial charge is 0.311 e. The molecule has 1 unspecified atom stereocenters. The van der Waals surface area contributed by atoms with E-state index in [-0.39, 0.29) is 12.4 Å². The summed E-state index contributed by atoms with van der Waals surface area (Å²) in [5.41, 5.74) is 0.777. The fraction of sp³-hybridized carbons (Fsp3) is 0.714. The Balaban J connectivity index is 1.76. The van der Waals surface area contributed by atoms with Crippen molar-refractivity contribution in [3.05, 3.63) is 11.1 Å². The largest absolute Gasteiger partial charge is 0.469 e. The Morgan fingerprint density at radius 3 is 3.10 bits per heavy atom. The van der Waals surface area contributed by atoms with Crippen molar-refractivity contribution in [1.82, 2.24) is 9.88 Å².